The van der Waals surface area contributed by atoms with Crippen LogP contribution in [0.3, 0.4) is 0 Å². The van der Waals surface area contributed by atoms with E-state index in [1.807, 2.05) is 6.92 Å². The fraction of sp³-hybridized carbons (Fsp3) is 0.417. The van der Waals surface area contributed by atoms with Gasteiger partial charge in [-0.2, -0.15) is 0 Å². The van der Waals surface area contributed by atoms with Crippen molar-refractivity contribution in [1.82, 2.24) is 0 Å². The summed E-state index contributed by atoms with van der Waals surface area (Å²) in [4.78, 5) is 10.9. The Morgan fingerprint density at radius 3 is 2.62 bits per heavy atom. The molecule has 1 rings (SSSR count). The smallest absolute Gasteiger partial charge is 0.310 e. The Labute approximate surface area is 100.0 Å². The molecule has 1 aromatic carbocycles. The molecule has 0 aliphatic carbocycles. The summed E-state index contributed by atoms with van der Waals surface area (Å²) < 4.78 is 5.21. The molecule has 0 aliphatic rings. The third kappa shape index (κ3) is 2.47. The van der Waals surface area contributed by atoms with Crippen LogP contribution in [0.1, 0.15) is 30.9 Å². The van der Waals surface area contributed by atoms with Crippen molar-refractivity contribution in [2.24, 2.45) is 0 Å². The molecule has 0 radical (unpaired) electrons. The van der Waals surface area contributed by atoms with Crippen LogP contribution in [0.4, 0.5) is 0 Å². The standard InChI is InChI=1S/C12H15ClO3/c1-4-9-10(13)5-8(6-11(9)16-3)7(2)12(14)15/h5-7H,4H2,1-3H3,(H,14,15). The summed E-state index contributed by atoms with van der Waals surface area (Å²) in [7, 11) is 1.56. The average Bonchev–Trinajstić information content (AvgIpc) is 2.26. The van der Waals surface area contributed by atoms with E-state index in [2.05, 4.69) is 0 Å². The molecule has 1 atom stereocenters. The maximum Gasteiger partial charge on any atom is 0.310 e. The maximum atomic E-state index is 10.9. The molecule has 4 heteroatoms. The van der Waals surface area contributed by atoms with Crippen molar-refractivity contribution in [1.29, 1.82) is 0 Å². The molecule has 0 heterocycles. The molecule has 16 heavy (non-hydrogen) atoms. The van der Waals surface area contributed by atoms with E-state index in [1.165, 1.54) is 0 Å². The molecule has 3 nitrogen and oxygen atoms in total. The number of aliphatic carboxylic acids is 1. The van der Waals surface area contributed by atoms with Gasteiger partial charge in [0.15, 0.2) is 0 Å². The minimum atomic E-state index is -0.873. The zero-order valence-electron chi connectivity index (χ0n) is 9.58. The van der Waals surface area contributed by atoms with Crippen molar-refractivity contribution in [3.05, 3.63) is 28.3 Å². The van der Waals surface area contributed by atoms with Gasteiger partial charge in [0.25, 0.3) is 0 Å². The summed E-state index contributed by atoms with van der Waals surface area (Å²) in [5.41, 5.74) is 1.57. The molecule has 0 spiro atoms. The number of rotatable bonds is 4. The van der Waals surface area contributed by atoms with Gasteiger partial charge >= 0.3 is 5.97 Å². The van der Waals surface area contributed by atoms with E-state index in [0.29, 0.717) is 16.3 Å². The van der Waals surface area contributed by atoms with E-state index >= 15 is 0 Å². The molecule has 0 aromatic heterocycles. The minimum absolute atomic E-state index is 0.560. The van der Waals surface area contributed by atoms with E-state index in [4.69, 9.17) is 21.4 Å². The van der Waals surface area contributed by atoms with Crippen molar-refractivity contribution >= 4 is 17.6 Å². The number of methoxy groups -OCH3 is 1. The highest BCUT2D eigenvalue weighted by Crippen LogP contribution is 2.32. The Hall–Kier alpha value is -1.22. The summed E-state index contributed by atoms with van der Waals surface area (Å²) in [6.45, 7) is 3.60. The molecule has 0 fully saturated rings. The number of ether oxygens (including phenoxy) is 1. The van der Waals surface area contributed by atoms with E-state index in [-0.39, 0.29) is 0 Å². The van der Waals surface area contributed by atoms with Gasteiger partial charge < -0.3 is 9.84 Å². The molecule has 1 N–H and O–H groups in total. The summed E-state index contributed by atoms with van der Waals surface area (Å²) in [5, 5.41) is 9.49. The molecule has 88 valence electrons. The van der Waals surface area contributed by atoms with Crippen molar-refractivity contribution in [3.8, 4) is 5.75 Å². The molecule has 0 aliphatic heterocycles. The highest BCUT2D eigenvalue weighted by Gasteiger charge is 2.17. The second-order valence-corrected chi connectivity index (χ2v) is 4.00. The third-order valence-corrected chi connectivity index (χ3v) is 2.96. The van der Waals surface area contributed by atoms with Crippen LogP contribution in [-0.2, 0) is 11.2 Å². The normalized spacial score (nSPS) is 12.2. The van der Waals surface area contributed by atoms with E-state index in [9.17, 15) is 4.79 Å². The van der Waals surface area contributed by atoms with Crippen molar-refractivity contribution < 1.29 is 14.6 Å². The Balaban J connectivity index is 3.25. The lowest BCUT2D eigenvalue weighted by atomic mass is 9.98. The number of carboxylic acids is 1. The molecule has 0 saturated carbocycles. The number of carbonyl (C=O) groups is 1. The van der Waals surface area contributed by atoms with Crippen molar-refractivity contribution in [2.75, 3.05) is 7.11 Å². The van der Waals surface area contributed by atoms with Crippen LogP contribution in [0.5, 0.6) is 5.75 Å². The lowest BCUT2D eigenvalue weighted by Gasteiger charge is -2.13. The van der Waals surface area contributed by atoms with Gasteiger partial charge in [0.05, 0.1) is 13.0 Å². The molecular formula is C12H15ClO3. The van der Waals surface area contributed by atoms with Crippen LogP contribution in [0, 0.1) is 0 Å². The second kappa shape index (κ2) is 5.21. The predicted octanol–water partition coefficient (Wildman–Crippen LogP) is 3.10. The fourth-order valence-corrected chi connectivity index (χ4v) is 1.90. The highest BCUT2D eigenvalue weighted by molar-refractivity contribution is 6.31. The van der Waals surface area contributed by atoms with E-state index in [1.54, 1.807) is 26.2 Å². The summed E-state index contributed by atoms with van der Waals surface area (Å²) in [6.07, 6.45) is 0.754. The maximum absolute atomic E-state index is 10.9. The second-order valence-electron chi connectivity index (χ2n) is 3.60. The van der Waals surface area contributed by atoms with Crippen LogP contribution in [0.15, 0.2) is 12.1 Å². The molecule has 0 bridgehead atoms. The van der Waals surface area contributed by atoms with Gasteiger partial charge in [-0.3, -0.25) is 4.79 Å². The monoisotopic (exact) mass is 242 g/mol. The number of halogens is 1. The predicted molar refractivity (Wildman–Crippen MR) is 63.4 cm³/mol. The zero-order valence-corrected chi connectivity index (χ0v) is 10.3. The van der Waals surface area contributed by atoms with E-state index < -0.39 is 11.9 Å². The molecular weight excluding hydrogens is 228 g/mol. The molecule has 0 saturated heterocycles. The first kappa shape index (κ1) is 12.8. The average molecular weight is 243 g/mol. The van der Waals surface area contributed by atoms with Crippen LogP contribution in [0.25, 0.3) is 0 Å². The first-order valence-electron chi connectivity index (χ1n) is 5.10. The summed E-state index contributed by atoms with van der Waals surface area (Å²) in [5.74, 6) is -0.808. The Bertz CT molecular complexity index is 401. The Kier molecular flexibility index (Phi) is 4.19. The topological polar surface area (TPSA) is 46.5 Å². The van der Waals surface area contributed by atoms with Gasteiger partial charge in [0, 0.05) is 10.6 Å². The number of hydrogen-bond donors (Lipinski definition) is 1. The lowest BCUT2D eigenvalue weighted by molar-refractivity contribution is -0.138. The van der Waals surface area contributed by atoms with Gasteiger partial charge in [-0.05, 0) is 31.0 Å². The Morgan fingerprint density at radius 2 is 2.19 bits per heavy atom. The van der Waals surface area contributed by atoms with Crippen LogP contribution in [-0.4, -0.2) is 18.2 Å². The van der Waals surface area contributed by atoms with Crippen LogP contribution < -0.4 is 4.74 Å². The fourth-order valence-electron chi connectivity index (χ4n) is 1.55. The van der Waals surface area contributed by atoms with Crippen LogP contribution >= 0.6 is 11.6 Å². The summed E-state index contributed by atoms with van der Waals surface area (Å²) >= 11 is 6.09. The van der Waals surface area contributed by atoms with Gasteiger partial charge in [-0.1, -0.05) is 18.5 Å². The van der Waals surface area contributed by atoms with Crippen molar-refractivity contribution in [2.45, 2.75) is 26.2 Å². The Morgan fingerprint density at radius 1 is 1.56 bits per heavy atom. The quantitative estimate of drug-likeness (QED) is 0.883. The SMILES string of the molecule is CCc1c(Cl)cc(C(C)C(=O)O)cc1OC. The van der Waals surface area contributed by atoms with Gasteiger partial charge in [-0.25, -0.2) is 0 Å². The van der Waals surface area contributed by atoms with E-state index in [0.717, 1.165) is 12.0 Å². The van der Waals surface area contributed by atoms with Gasteiger partial charge in [0.2, 0.25) is 0 Å². The largest absolute Gasteiger partial charge is 0.496 e. The minimum Gasteiger partial charge on any atom is -0.496 e. The molecule has 1 aromatic rings. The third-order valence-electron chi connectivity index (χ3n) is 2.62. The number of hydrogen-bond acceptors (Lipinski definition) is 2. The van der Waals surface area contributed by atoms with Gasteiger partial charge in [0.1, 0.15) is 5.75 Å². The lowest BCUT2D eigenvalue weighted by Crippen LogP contribution is -2.08. The zero-order chi connectivity index (χ0) is 12.3. The van der Waals surface area contributed by atoms with Crippen LogP contribution in [0.2, 0.25) is 5.02 Å². The molecule has 0 amide bonds. The highest BCUT2D eigenvalue weighted by atomic mass is 35.5. The molecule has 1 unspecified atom stereocenters. The van der Waals surface area contributed by atoms with Gasteiger partial charge in [-0.15, -0.1) is 0 Å². The first-order valence-corrected chi connectivity index (χ1v) is 5.48. The number of carboxylic acid groups (broad SMARTS) is 1. The summed E-state index contributed by atoms with van der Waals surface area (Å²) in [6, 6.07) is 3.44. The van der Waals surface area contributed by atoms with Crippen molar-refractivity contribution in [3.63, 3.8) is 0 Å². The first-order chi connectivity index (χ1) is 7.51. The number of benzene rings is 1.